The highest BCUT2D eigenvalue weighted by Gasteiger charge is 2.12. The third-order valence-electron chi connectivity index (χ3n) is 3.35. The van der Waals surface area contributed by atoms with Crippen LogP contribution in [0.4, 0.5) is 5.13 Å². The van der Waals surface area contributed by atoms with E-state index in [1.54, 1.807) is 0 Å². The van der Waals surface area contributed by atoms with Crippen LogP contribution in [0.25, 0.3) is 0 Å². The summed E-state index contributed by atoms with van der Waals surface area (Å²) in [6.07, 6.45) is 0.789. The topological polar surface area (TPSA) is 103 Å². The summed E-state index contributed by atoms with van der Waals surface area (Å²) in [4.78, 5) is 12.0. The van der Waals surface area contributed by atoms with Crippen molar-refractivity contribution in [3.05, 3.63) is 40.2 Å². The third kappa shape index (κ3) is 5.76. The molecule has 8 nitrogen and oxygen atoms in total. The van der Waals surface area contributed by atoms with Crippen molar-refractivity contribution in [1.29, 1.82) is 0 Å². The Morgan fingerprint density at radius 1 is 1.19 bits per heavy atom. The fourth-order valence-corrected chi connectivity index (χ4v) is 3.52. The molecule has 1 amide bonds. The molecule has 0 saturated carbocycles. The summed E-state index contributed by atoms with van der Waals surface area (Å²) in [5.41, 5.74) is 2.25. The van der Waals surface area contributed by atoms with Crippen LogP contribution in [0.3, 0.4) is 0 Å². The Labute approximate surface area is 164 Å². The number of anilines is 1. The number of aryl methyl sites for hydroxylation is 3. The maximum absolute atomic E-state index is 12.0. The molecular formula is C17H19N5O3S2. The molecule has 142 valence electrons. The van der Waals surface area contributed by atoms with Gasteiger partial charge in [-0.15, -0.1) is 20.4 Å². The van der Waals surface area contributed by atoms with Crippen molar-refractivity contribution in [2.24, 2.45) is 0 Å². The highest BCUT2D eigenvalue weighted by atomic mass is 32.2. The number of thioether (sulfide) groups is 1. The lowest BCUT2D eigenvalue weighted by molar-refractivity contribution is -0.113. The van der Waals surface area contributed by atoms with Crippen LogP contribution < -0.4 is 10.1 Å². The monoisotopic (exact) mass is 405 g/mol. The lowest BCUT2D eigenvalue weighted by Crippen LogP contribution is -2.13. The molecule has 3 aromatic rings. The second-order valence-corrected chi connectivity index (χ2v) is 7.75. The Kier molecular flexibility index (Phi) is 6.40. The highest BCUT2D eigenvalue weighted by Crippen LogP contribution is 2.20. The molecule has 0 aliphatic carbocycles. The number of nitrogens with one attached hydrogen (secondary N) is 1. The van der Waals surface area contributed by atoms with Crippen LogP contribution in [0, 0.1) is 13.8 Å². The highest BCUT2D eigenvalue weighted by molar-refractivity contribution is 7.99. The van der Waals surface area contributed by atoms with E-state index in [9.17, 15) is 4.79 Å². The number of benzene rings is 1. The standard InChI is InChI=1S/C17H19N5O3S2/c1-4-15-20-21-16(27-15)18-13(23)9-26-17-22-19-14(25-17)8-24-12-6-10(2)5-11(3)7-12/h5-7H,4,8-9H2,1-3H3,(H,18,21,23). The average Bonchev–Trinajstić information content (AvgIpc) is 3.26. The molecule has 0 fully saturated rings. The zero-order valence-corrected chi connectivity index (χ0v) is 16.8. The lowest BCUT2D eigenvalue weighted by Gasteiger charge is -2.05. The van der Waals surface area contributed by atoms with E-state index in [1.807, 2.05) is 32.9 Å². The number of hydrogen-bond donors (Lipinski definition) is 1. The number of carbonyl (C=O) groups excluding carboxylic acids is 1. The second-order valence-electron chi connectivity index (χ2n) is 5.77. The number of amides is 1. The van der Waals surface area contributed by atoms with Gasteiger partial charge in [0.15, 0.2) is 6.61 Å². The summed E-state index contributed by atoms with van der Waals surface area (Å²) >= 11 is 2.52. The van der Waals surface area contributed by atoms with Crippen molar-refractivity contribution in [2.45, 2.75) is 39.0 Å². The van der Waals surface area contributed by atoms with Gasteiger partial charge in [0.1, 0.15) is 10.8 Å². The summed E-state index contributed by atoms with van der Waals surface area (Å²) in [6.45, 7) is 6.18. The largest absolute Gasteiger partial charge is 0.484 e. The summed E-state index contributed by atoms with van der Waals surface area (Å²) in [6, 6.07) is 5.96. The fourth-order valence-electron chi connectivity index (χ4n) is 2.25. The minimum Gasteiger partial charge on any atom is -0.484 e. The van der Waals surface area contributed by atoms with Crippen LogP contribution in [0.5, 0.6) is 5.75 Å². The first-order chi connectivity index (χ1) is 13.0. The van der Waals surface area contributed by atoms with E-state index in [1.165, 1.54) is 11.3 Å². The van der Waals surface area contributed by atoms with E-state index >= 15 is 0 Å². The van der Waals surface area contributed by atoms with Crippen LogP contribution >= 0.6 is 23.1 Å². The van der Waals surface area contributed by atoms with Crippen molar-refractivity contribution in [3.8, 4) is 5.75 Å². The number of rotatable bonds is 8. The van der Waals surface area contributed by atoms with Gasteiger partial charge in [0.05, 0.1) is 5.75 Å². The molecule has 0 aliphatic rings. The van der Waals surface area contributed by atoms with Gasteiger partial charge in [-0.25, -0.2) is 0 Å². The zero-order valence-electron chi connectivity index (χ0n) is 15.2. The normalized spacial score (nSPS) is 10.8. The molecule has 1 N–H and O–H groups in total. The molecule has 0 radical (unpaired) electrons. The molecule has 2 heterocycles. The second kappa shape index (κ2) is 8.96. The van der Waals surface area contributed by atoms with Gasteiger partial charge in [0.2, 0.25) is 11.0 Å². The van der Waals surface area contributed by atoms with E-state index in [-0.39, 0.29) is 18.3 Å². The van der Waals surface area contributed by atoms with Crippen LogP contribution in [0.1, 0.15) is 28.9 Å². The quantitative estimate of drug-likeness (QED) is 0.569. The van der Waals surface area contributed by atoms with E-state index in [4.69, 9.17) is 9.15 Å². The molecule has 0 atom stereocenters. The SMILES string of the molecule is CCc1nnc(NC(=O)CSc2nnc(COc3cc(C)cc(C)c3)o2)s1. The molecule has 0 saturated heterocycles. The first kappa shape index (κ1) is 19.3. The van der Waals surface area contributed by atoms with Gasteiger partial charge in [-0.3, -0.25) is 10.1 Å². The van der Waals surface area contributed by atoms with E-state index in [0.29, 0.717) is 16.2 Å². The predicted octanol–water partition coefficient (Wildman–Crippen LogP) is 3.41. The van der Waals surface area contributed by atoms with Crippen LogP contribution in [0.2, 0.25) is 0 Å². The molecule has 0 aliphatic heterocycles. The molecular weight excluding hydrogens is 386 g/mol. The van der Waals surface area contributed by atoms with Gasteiger partial charge in [0.25, 0.3) is 11.1 Å². The molecule has 0 spiro atoms. The third-order valence-corrected chi connectivity index (χ3v) is 5.15. The zero-order chi connectivity index (χ0) is 19.2. The predicted molar refractivity (Wildman–Crippen MR) is 103 cm³/mol. The maximum Gasteiger partial charge on any atom is 0.277 e. The van der Waals surface area contributed by atoms with Gasteiger partial charge >= 0.3 is 0 Å². The summed E-state index contributed by atoms with van der Waals surface area (Å²) in [5, 5.41) is 20.1. The minimum absolute atomic E-state index is 0.139. The van der Waals surface area contributed by atoms with Crippen LogP contribution in [0.15, 0.2) is 27.8 Å². The summed E-state index contributed by atoms with van der Waals surface area (Å²) < 4.78 is 11.2. The smallest absolute Gasteiger partial charge is 0.277 e. The Morgan fingerprint density at radius 2 is 1.96 bits per heavy atom. The Morgan fingerprint density at radius 3 is 2.67 bits per heavy atom. The van der Waals surface area contributed by atoms with Gasteiger partial charge in [-0.1, -0.05) is 36.1 Å². The van der Waals surface area contributed by atoms with Crippen LogP contribution in [-0.2, 0) is 17.8 Å². The Balaban J connectivity index is 1.46. The van der Waals surface area contributed by atoms with Crippen molar-refractivity contribution in [3.63, 3.8) is 0 Å². The van der Waals surface area contributed by atoms with Crippen molar-refractivity contribution in [1.82, 2.24) is 20.4 Å². The fraction of sp³-hybridized carbons (Fsp3) is 0.353. The number of aromatic nitrogens is 4. The maximum atomic E-state index is 12.0. The average molecular weight is 406 g/mol. The number of carbonyl (C=O) groups is 1. The van der Waals surface area contributed by atoms with Gasteiger partial charge in [-0.05, 0) is 43.5 Å². The molecule has 0 bridgehead atoms. The molecule has 10 heteroatoms. The molecule has 1 aromatic carbocycles. The molecule has 27 heavy (non-hydrogen) atoms. The number of hydrogen-bond acceptors (Lipinski definition) is 9. The first-order valence-electron chi connectivity index (χ1n) is 8.30. The van der Waals surface area contributed by atoms with Gasteiger partial charge in [-0.2, -0.15) is 0 Å². The minimum atomic E-state index is -0.204. The molecule has 0 unspecified atom stereocenters. The summed E-state index contributed by atoms with van der Waals surface area (Å²) in [7, 11) is 0. The van der Waals surface area contributed by atoms with Gasteiger partial charge in [0, 0.05) is 0 Å². The van der Waals surface area contributed by atoms with Crippen LogP contribution in [-0.4, -0.2) is 32.1 Å². The number of ether oxygens (including phenoxy) is 1. The van der Waals surface area contributed by atoms with E-state index < -0.39 is 0 Å². The molecule has 3 rings (SSSR count). The van der Waals surface area contributed by atoms with Crippen molar-refractivity contribution in [2.75, 3.05) is 11.1 Å². The van der Waals surface area contributed by atoms with Crippen molar-refractivity contribution >= 4 is 34.1 Å². The van der Waals surface area contributed by atoms with E-state index in [0.717, 1.165) is 40.1 Å². The Bertz CT molecular complexity index is 905. The van der Waals surface area contributed by atoms with E-state index in [2.05, 4.69) is 31.8 Å². The van der Waals surface area contributed by atoms with Crippen molar-refractivity contribution < 1.29 is 13.9 Å². The Hall–Kier alpha value is -2.46. The summed E-state index contributed by atoms with van der Waals surface area (Å²) in [5.74, 6) is 1.04. The number of nitrogens with zero attached hydrogens (tertiary/aromatic N) is 4. The van der Waals surface area contributed by atoms with Gasteiger partial charge < -0.3 is 9.15 Å². The first-order valence-corrected chi connectivity index (χ1v) is 10.1. The lowest BCUT2D eigenvalue weighted by atomic mass is 10.1. The molecule has 2 aromatic heterocycles.